The summed E-state index contributed by atoms with van der Waals surface area (Å²) in [7, 11) is 0. The van der Waals surface area contributed by atoms with Crippen LogP contribution in [0.4, 0.5) is 0 Å². The van der Waals surface area contributed by atoms with Gasteiger partial charge in [-0.05, 0) is 53.6 Å². The molecule has 0 spiro atoms. The van der Waals surface area contributed by atoms with Crippen molar-refractivity contribution in [3.63, 3.8) is 0 Å². The van der Waals surface area contributed by atoms with E-state index in [-0.39, 0.29) is 0 Å². The van der Waals surface area contributed by atoms with Crippen LogP contribution < -0.4 is 0 Å². The number of para-hydroxylation sites is 3. The van der Waals surface area contributed by atoms with Gasteiger partial charge in [-0.3, -0.25) is 0 Å². The van der Waals surface area contributed by atoms with E-state index in [9.17, 15) is 0 Å². The first-order valence-electron chi connectivity index (χ1n) is 18.9. The minimum Gasteiger partial charge on any atom is -0.309 e. The van der Waals surface area contributed by atoms with Gasteiger partial charge in [0.05, 0.1) is 22.1 Å². The molecule has 0 saturated carbocycles. The molecule has 262 valence electrons. The summed E-state index contributed by atoms with van der Waals surface area (Å²) in [5.41, 5.74) is 11.9. The minimum atomic E-state index is 0.624. The van der Waals surface area contributed by atoms with E-state index in [1.54, 1.807) is 0 Å². The number of rotatable bonds is 6. The maximum absolute atomic E-state index is 5.14. The van der Waals surface area contributed by atoms with Gasteiger partial charge in [-0.15, -0.1) is 0 Å². The van der Waals surface area contributed by atoms with Gasteiger partial charge in [-0.2, -0.15) is 0 Å². The van der Waals surface area contributed by atoms with Crippen LogP contribution in [0, 0.1) is 0 Å². The van der Waals surface area contributed by atoms with Gasteiger partial charge in [-0.1, -0.05) is 158 Å². The largest absolute Gasteiger partial charge is 0.309 e. The fraction of sp³-hybridized carbons (Fsp3) is 0. The summed E-state index contributed by atoms with van der Waals surface area (Å²) in [5.74, 6) is 1.89. The van der Waals surface area contributed by atoms with Gasteiger partial charge >= 0.3 is 0 Å². The van der Waals surface area contributed by atoms with Crippen molar-refractivity contribution in [1.29, 1.82) is 0 Å². The lowest BCUT2D eigenvalue weighted by Crippen LogP contribution is -2.00. The zero-order chi connectivity index (χ0) is 37.0. The maximum atomic E-state index is 5.14. The molecule has 0 aliphatic heterocycles. The predicted molar refractivity (Wildman–Crippen MR) is 230 cm³/mol. The Hall–Kier alpha value is -7.63. The van der Waals surface area contributed by atoms with Crippen molar-refractivity contribution < 1.29 is 0 Å². The van der Waals surface area contributed by atoms with Crippen LogP contribution in [-0.4, -0.2) is 24.1 Å². The highest BCUT2D eigenvalue weighted by Gasteiger charge is 2.19. The average Bonchev–Trinajstić information content (AvgIpc) is 3.79. The van der Waals surface area contributed by atoms with Crippen LogP contribution in [0.3, 0.4) is 0 Å². The average molecular weight is 716 g/mol. The lowest BCUT2D eigenvalue weighted by molar-refractivity contribution is 1.07. The summed E-state index contributed by atoms with van der Waals surface area (Å²) in [6.45, 7) is 0. The smallest absolute Gasteiger partial charge is 0.164 e. The monoisotopic (exact) mass is 715 g/mol. The van der Waals surface area contributed by atoms with E-state index in [4.69, 9.17) is 15.0 Å². The topological polar surface area (TPSA) is 48.5 Å². The number of hydrogen-bond acceptors (Lipinski definition) is 3. The lowest BCUT2D eigenvalue weighted by Gasteiger charge is -2.12. The first kappa shape index (κ1) is 31.9. The molecule has 8 aromatic carbocycles. The Balaban J connectivity index is 1.11. The molecule has 0 atom stereocenters. The van der Waals surface area contributed by atoms with Crippen LogP contribution in [0.1, 0.15) is 0 Å². The molecule has 5 heteroatoms. The summed E-state index contributed by atoms with van der Waals surface area (Å²) >= 11 is 0. The summed E-state index contributed by atoms with van der Waals surface area (Å²) in [4.78, 5) is 15.2. The van der Waals surface area contributed by atoms with E-state index in [0.29, 0.717) is 17.5 Å². The van der Waals surface area contributed by atoms with Crippen molar-refractivity contribution in [2.75, 3.05) is 0 Å². The molecule has 0 aliphatic rings. The van der Waals surface area contributed by atoms with Crippen molar-refractivity contribution in [2.45, 2.75) is 0 Å². The molecule has 3 aromatic heterocycles. The Bertz CT molecular complexity index is 3170. The van der Waals surface area contributed by atoms with Crippen molar-refractivity contribution >= 4 is 43.6 Å². The zero-order valence-electron chi connectivity index (χ0n) is 30.3. The maximum Gasteiger partial charge on any atom is 0.164 e. The number of nitrogens with zero attached hydrogens (tertiary/aromatic N) is 5. The summed E-state index contributed by atoms with van der Waals surface area (Å²) in [5, 5.41) is 4.83. The van der Waals surface area contributed by atoms with Gasteiger partial charge in [0, 0.05) is 49.6 Å². The second-order valence-corrected chi connectivity index (χ2v) is 14.1. The first-order valence-corrected chi connectivity index (χ1v) is 18.9. The summed E-state index contributed by atoms with van der Waals surface area (Å²) in [6.07, 6.45) is 0. The van der Waals surface area contributed by atoms with Crippen LogP contribution >= 0.6 is 0 Å². The molecule has 11 aromatic rings. The molecule has 0 N–H and O–H groups in total. The minimum absolute atomic E-state index is 0.624. The van der Waals surface area contributed by atoms with Gasteiger partial charge in [-0.25, -0.2) is 15.0 Å². The molecular formula is C51H33N5. The quantitative estimate of drug-likeness (QED) is 0.172. The molecule has 0 fully saturated rings. The standard InChI is InChI=1S/C51H33N5/c1-4-14-34(15-5-1)35-24-26-37(27-25-35)50-52-49(36-16-6-2-7-17-36)53-51(54-50)38-28-30-43-44-31-29-40(33-48(44)55(47(43)32-38)39-18-8-3-9-19-39)56-45-22-12-10-20-41(45)42-21-11-13-23-46(42)56/h1-33H. The van der Waals surface area contributed by atoms with Gasteiger partial charge in [0.15, 0.2) is 17.5 Å². The normalized spacial score (nSPS) is 11.6. The highest BCUT2D eigenvalue weighted by atomic mass is 15.0. The van der Waals surface area contributed by atoms with Gasteiger partial charge < -0.3 is 9.13 Å². The third-order valence-electron chi connectivity index (χ3n) is 10.8. The second-order valence-electron chi connectivity index (χ2n) is 14.1. The highest BCUT2D eigenvalue weighted by Crippen LogP contribution is 2.38. The second kappa shape index (κ2) is 13.0. The Morgan fingerprint density at radius 3 is 1.27 bits per heavy atom. The lowest BCUT2D eigenvalue weighted by atomic mass is 10.0. The molecule has 0 saturated heterocycles. The van der Waals surface area contributed by atoms with Crippen molar-refractivity contribution in [2.24, 2.45) is 0 Å². The fourth-order valence-electron chi connectivity index (χ4n) is 8.13. The zero-order valence-corrected chi connectivity index (χ0v) is 30.3. The summed E-state index contributed by atoms with van der Waals surface area (Å²) < 4.78 is 4.75. The number of benzene rings is 8. The third kappa shape index (κ3) is 5.29. The molecule has 0 amide bonds. The Labute approximate surface area is 323 Å². The Morgan fingerprint density at radius 1 is 0.250 bits per heavy atom. The molecule has 0 radical (unpaired) electrons. The molecule has 3 heterocycles. The van der Waals surface area contributed by atoms with Gasteiger partial charge in [0.25, 0.3) is 0 Å². The van der Waals surface area contributed by atoms with Gasteiger partial charge in [0.2, 0.25) is 0 Å². The van der Waals surface area contributed by atoms with E-state index in [2.05, 4.69) is 173 Å². The van der Waals surface area contributed by atoms with Crippen molar-refractivity contribution in [3.8, 4) is 56.7 Å². The number of fused-ring (bicyclic) bond motifs is 6. The Morgan fingerprint density at radius 2 is 0.643 bits per heavy atom. The number of hydrogen-bond donors (Lipinski definition) is 0. The van der Waals surface area contributed by atoms with E-state index < -0.39 is 0 Å². The third-order valence-corrected chi connectivity index (χ3v) is 10.8. The number of aromatic nitrogens is 5. The first-order chi connectivity index (χ1) is 27.8. The molecule has 0 aliphatic carbocycles. The Kier molecular flexibility index (Phi) is 7.42. The SMILES string of the molecule is c1ccc(-c2ccc(-c3nc(-c4ccccc4)nc(-c4ccc5c6ccc(-n7c8ccccc8c8ccccc87)cc6n(-c6ccccc6)c5c4)n3)cc2)cc1. The molecule has 56 heavy (non-hydrogen) atoms. The van der Waals surface area contributed by atoms with Crippen LogP contribution in [0.2, 0.25) is 0 Å². The summed E-state index contributed by atoms with van der Waals surface area (Å²) in [6, 6.07) is 70.4. The fourth-order valence-corrected chi connectivity index (χ4v) is 8.13. The van der Waals surface area contributed by atoms with Crippen LogP contribution in [0.5, 0.6) is 0 Å². The van der Waals surface area contributed by atoms with Crippen LogP contribution in [-0.2, 0) is 0 Å². The van der Waals surface area contributed by atoms with Crippen LogP contribution in [0.25, 0.3) is 100 Å². The molecule has 0 bridgehead atoms. The van der Waals surface area contributed by atoms with Crippen molar-refractivity contribution in [1.82, 2.24) is 24.1 Å². The molecular weight excluding hydrogens is 683 g/mol. The highest BCUT2D eigenvalue weighted by molar-refractivity contribution is 6.12. The molecule has 11 rings (SSSR count). The molecule has 0 unspecified atom stereocenters. The van der Waals surface area contributed by atoms with E-state index in [1.165, 1.54) is 32.8 Å². The van der Waals surface area contributed by atoms with Crippen molar-refractivity contribution in [3.05, 3.63) is 200 Å². The molecule has 5 nitrogen and oxygen atoms in total. The van der Waals surface area contributed by atoms with E-state index >= 15 is 0 Å². The van der Waals surface area contributed by atoms with E-state index in [0.717, 1.165) is 50.0 Å². The predicted octanol–water partition coefficient (Wildman–Crippen LogP) is 12.7. The van der Waals surface area contributed by atoms with Gasteiger partial charge in [0.1, 0.15) is 0 Å². The van der Waals surface area contributed by atoms with Crippen LogP contribution in [0.15, 0.2) is 200 Å². The van der Waals surface area contributed by atoms with E-state index in [1.807, 2.05) is 36.4 Å².